The zero-order chi connectivity index (χ0) is 18.0. The maximum atomic E-state index is 12.9. The van der Waals surface area contributed by atoms with Gasteiger partial charge in [0, 0.05) is 25.0 Å². The molecule has 0 spiro atoms. The van der Waals surface area contributed by atoms with Crippen molar-refractivity contribution < 1.29 is 4.79 Å². The number of nitrogens with one attached hydrogen (secondary N) is 1. The van der Waals surface area contributed by atoms with Crippen molar-refractivity contribution in [3.05, 3.63) is 40.3 Å². The van der Waals surface area contributed by atoms with E-state index in [1.807, 2.05) is 12.1 Å². The van der Waals surface area contributed by atoms with E-state index in [0.29, 0.717) is 35.1 Å². The van der Waals surface area contributed by atoms with Crippen LogP contribution in [0.2, 0.25) is 0 Å². The molecule has 1 aliphatic heterocycles. The fraction of sp³-hybridized carbons (Fsp3) is 0.526. The van der Waals surface area contributed by atoms with Gasteiger partial charge in [-0.05, 0) is 24.8 Å². The number of hydrogen-bond acceptors (Lipinski definition) is 4. The van der Waals surface area contributed by atoms with E-state index in [4.69, 9.17) is 0 Å². The van der Waals surface area contributed by atoms with Crippen LogP contribution >= 0.6 is 0 Å². The minimum absolute atomic E-state index is 0.142. The number of fused-ring (bicyclic) bond motifs is 1. The van der Waals surface area contributed by atoms with E-state index in [0.717, 1.165) is 19.4 Å². The summed E-state index contributed by atoms with van der Waals surface area (Å²) in [7, 11) is 1.58. The summed E-state index contributed by atoms with van der Waals surface area (Å²) in [5, 5.41) is 8.17. The Hall–Kier alpha value is -2.21. The third-order valence-corrected chi connectivity index (χ3v) is 5.06. The number of nitrogens with zero attached hydrogens (tertiary/aromatic N) is 3. The van der Waals surface area contributed by atoms with Crippen molar-refractivity contribution in [2.45, 2.75) is 45.8 Å². The molecule has 134 valence electrons. The van der Waals surface area contributed by atoms with Gasteiger partial charge in [-0.3, -0.25) is 14.5 Å². The van der Waals surface area contributed by atoms with E-state index in [1.165, 1.54) is 11.1 Å². The molecule has 0 unspecified atom stereocenters. The molecule has 1 amide bonds. The molecular formula is C19H26N4O2. The maximum absolute atomic E-state index is 12.9. The molecule has 0 bridgehead atoms. The van der Waals surface area contributed by atoms with E-state index in [1.54, 1.807) is 19.2 Å². The predicted octanol–water partition coefficient (Wildman–Crippen LogP) is 2.22. The number of likely N-dealkylation sites (tertiary alicyclic amines) is 1. The average molecular weight is 342 g/mol. The fourth-order valence-corrected chi connectivity index (χ4v) is 3.74. The van der Waals surface area contributed by atoms with Crippen molar-refractivity contribution in [2.75, 3.05) is 13.6 Å². The van der Waals surface area contributed by atoms with Crippen molar-refractivity contribution in [2.24, 2.45) is 5.92 Å². The molecular weight excluding hydrogens is 316 g/mol. The molecule has 1 saturated heterocycles. The molecule has 0 aliphatic carbocycles. The molecule has 6 heteroatoms. The van der Waals surface area contributed by atoms with Crippen LogP contribution in [-0.2, 0) is 6.67 Å². The average Bonchev–Trinajstić information content (AvgIpc) is 2.63. The number of carbonyl (C=O) groups is 1. The Morgan fingerprint density at radius 3 is 2.68 bits per heavy atom. The minimum Gasteiger partial charge on any atom is -0.354 e. The highest BCUT2D eigenvalue weighted by Gasteiger charge is 2.26. The first kappa shape index (κ1) is 17.6. The molecule has 1 fully saturated rings. The predicted molar refractivity (Wildman–Crippen MR) is 98.6 cm³/mol. The summed E-state index contributed by atoms with van der Waals surface area (Å²) in [4.78, 5) is 27.5. The van der Waals surface area contributed by atoms with Gasteiger partial charge in [-0.2, -0.15) is 5.10 Å². The summed E-state index contributed by atoms with van der Waals surface area (Å²) in [5.41, 5.74) is 0.159. The fourth-order valence-electron chi connectivity index (χ4n) is 3.74. The van der Waals surface area contributed by atoms with Gasteiger partial charge in [0.25, 0.3) is 11.5 Å². The molecule has 0 saturated carbocycles. The summed E-state index contributed by atoms with van der Waals surface area (Å²) in [5.74, 6) is 0.249. The zero-order valence-corrected chi connectivity index (χ0v) is 15.2. The van der Waals surface area contributed by atoms with Crippen LogP contribution in [0.5, 0.6) is 0 Å². The van der Waals surface area contributed by atoms with Gasteiger partial charge < -0.3 is 5.32 Å². The molecule has 2 aromatic rings. The first-order valence-corrected chi connectivity index (χ1v) is 8.99. The van der Waals surface area contributed by atoms with Crippen LogP contribution in [0.1, 0.15) is 43.6 Å². The highest BCUT2D eigenvalue weighted by atomic mass is 16.2. The van der Waals surface area contributed by atoms with E-state index < -0.39 is 0 Å². The smallest absolute Gasteiger partial charge is 0.275 e. The Bertz CT molecular complexity index is 828. The van der Waals surface area contributed by atoms with Crippen LogP contribution in [0.3, 0.4) is 0 Å². The number of hydrogen-bond donors (Lipinski definition) is 1. The molecule has 0 radical (unpaired) electrons. The normalized spacial score (nSPS) is 18.6. The van der Waals surface area contributed by atoms with E-state index in [-0.39, 0.29) is 11.5 Å². The van der Waals surface area contributed by atoms with Gasteiger partial charge in [0.05, 0.1) is 12.1 Å². The van der Waals surface area contributed by atoms with Gasteiger partial charge in [-0.15, -0.1) is 0 Å². The second-order valence-electron chi connectivity index (χ2n) is 7.04. The Morgan fingerprint density at radius 1 is 1.28 bits per heavy atom. The summed E-state index contributed by atoms with van der Waals surface area (Å²) >= 11 is 0. The molecule has 3 rings (SSSR count). The summed E-state index contributed by atoms with van der Waals surface area (Å²) < 4.78 is 1.45. The quantitative estimate of drug-likeness (QED) is 0.925. The third kappa shape index (κ3) is 3.44. The molecule has 1 aliphatic rings. The number of carbonyl (C=O) groups excluding carboxylic acids is 1. The topological polar surface area (TPSA) is 67.2 Å². The van der Waals surface area contributed by atoms with Crippen molar-refractivity contribution in [1.29, 1.82) is 0 Å². The van der Waals surface area contributed by atoms with Crippen molar-refractivity contribution in [3.8, 4) is 0 Å². The van der Waals surface area contributed by atoms with Crippen LogP contribution in [0, 0.1) is 5.92 Å². The van der Waals surface area contributed by atoms with Gasteiger partial charge in [-0.25, -0.2) is 4.68 Å². The lowest BCUT2D eigenvalue weighted by Crippen LogP contribution is -2.46. The minimum atomic E-state index is -0.274. The number of rotatable bonds is 4. The highest BCUT2D eigenvalue weighted by Crippen LogP contribution is 2.23. The molecule has 25 heavy (non-hydrogen) atoms. The maximum Gasteiger partial charge on any atom is 0.275 e. The van der Waals surface area contributed by atoms with Crippen LogP contribution in [-0.4, -0.2) is 40.2 Å². The molecule has 1 aromatic carbocycles. The standard InChI is InChI=1S/C19H26N4O2/c1-13(2)16-10-6-7-11-22(16)12-23-19(25)15-9-5-4-8-14(15)17(21-23)18(24)20-3/h4-5,8-9,13,16H,6-7,10-12H2,1-3H3,(H,20,24)/t16-/m1/s1. The second kappa shape index (κ2) is 7.35. The lowest BCUT2D eigenvalue weighted by atomic mass is 9.93. The number of piperidine rings is 1. The monoisotopic (exact) mass is 342 g/mol. The Morgan fingerprint density at radius 2 is 2.00 bits per heavy atom. The largest absolute Gasteiger partial charge is 0.354 e. The molecule has 1 N–H and O–H groups in total. The SMILES string of the molecule is CNC(=O)c1nn(CN2CCCC[C@@H]2C(C)C)c(=O)c2ccccc12. The second-order valence-corrected chi connectivity index (χ2v) is 7.04. The van der Waals surface area contributed by atoms with Crippen molar-refractivity contribution >= 4 is 16.7 Å². The van der Waals surface area contributed by atoms with Crippen LogP contribution in [0.25, 0.3) is 10.8 Å². The van der Waals surface area contributed by atoms with Gasteiger partial charge >= 0.3 is 0 Å². The Kier molecular flexibility index (Phi) is 5.18. The Balaban J connectivity index is 2.05. The first-order chi connectivity index (χ1) is 12.0. The van der Waals surface area contributed by atoms with Crippen molar-refractivity contribution in [3.63, 3.8) is 0 Å². The summed E-state index contributed by atoms with van der Waals surface area (Å²) in [6, 6.07) is 7.62. The zero-order valence-electron chi connectivity index (χ0n) is 15.2. The van der Waals surface area contributed by atoms with E-state index in [9.17, 15) is 9.59 Å². The third-order valence-electron chi connectivity index (χ3n) is 5.06. The van der Waals surface area contributed by atoms with E-state index in [2.05, 4.69) is 29.2 Å². The number of amides is 1. The van der Waals surface area contributed by atoms with Crippen LogP contribution in [0.4, 0.5) is 0 Å². The highest BCUT2D eigenvalue weighted by molar-refractivity contribution is 6.04. The van der Waals surface area contributed by atoms with Gasteiger partial charge in [-0.1, -0.05) is 38.5 Å². The summed E-state index contributed by atoms with van der Waals surface area (Å²) in [6.45, 7) is 5.82. The van der Waals surface area contributed by atoms with Crippen molar-refractivity contribution in [1.82, 2.24) is 20.0 Å². The lowest BCUT2D eigenvalue weighted by Gasteiger charge is -2.38. The van der Waals surface area contributed by atoms with E-state index >= 15 is 0 Å². The van der Waals surface area contributed by atoms with Crippen LogP contribution < -0.4 is 10.9 Å². The van der Waals surface area contributed by atoms with Gasteiger partial charge in [0.2, 0.25) is 0 Å². The van der Waals surface area contributed by atoms with Gasteiger partial charge in [0.1, 0.15) is 0 Å². The first-order valence-electron chi connectivity index (χ1n) is 8.99. The van der Waals surface area contributed by atoms with Crippen LogP contribution in [0.15, 0.2) is 29.1 Å². The Labute approximate surface area is 147 Å². The van der Waals surface area contributed by atoms with Gasteiger partial charge in [0.15, 0.2) is 5.69 Å². The molecule has 6 nitrogen and oxygen atoms in total. The molecule has 1 aromatic heterocycles. The molecule has 2 heterocycles. The number of benzene rings is 1. The number of aromatic nitrogens is 2. The summed E-state index contributed by atoms with van der Waals surface area (Å²) in [6.07, 6.45) is 3.50. The lowest BCUT2D eigenvalue weighted by molar-refractivity contribution is 0.0721. The molecule has 1 atom stereocenters.